The van der Waals surface area contributed by atoms with Crippen molar-refractivity contribution in [3.05, 3.63) is 53.1 Å². The number of aromatic nitrogens is 3. The van der Waals surface area contributed by atoms with Gasteiger partial charge >= 0.3 is 6.18 Å². The van der Waals surface area contributed by atoms with Crippen LogP contribution in [0.4, 0.5) is 29.1 Å². The molecule has 2 saturated heterocycles. The number of pyridine rings is 1. The van der Waals surface area contributed by atoms with Crippen LogP contribution in [0, 0.1) is 12.7 Å². The van der Waals surface area contributed by atoms with Gasteiger partial charge < -0.3 is 15.0 Å². The predicted molar refractivity (Wildman–Crippen MR) is 124 cm³/mol. The SMILES string of the molecule is Cc1nnc(N[C@H](C)c2cc(F)cc(C(F)(F)F)c2)c2cc(N3CCN4CCOC[C@@H]4C3)cnc12. The highest BCUT2D eigenvalue weighted by molar-refractivity contribution is 5.92. The number of rotatable bonds is 4. The van der Waals surface area contributed by atoms with Gasteiger partial charge in [0.1, 0.15) is 5.82 Å². The molecule has 0 bridgehead atoms. The average molecular weight is 491 g/mol. The Hall–Kier alpha value is -3.05. The van der Waals surface area contributed by atoms with Crippen LogP contribution in [0.25, 0.3) is 10.9 Å². The molecule has 1 N–H and O–H groups in total. The highest BCUT2D eigenvalue weighted by Gasteiger charge is 2.32. The maximum Gasteiger partial charge on any atom is 0.416 e. The van der Waals surface area contributed by atoms with Gasteiger partial charge in [-0.25, -0.2) is 4.39 Å². The number of ether oxygens (including phenoxy) is 1. The Balaban J connectivity index is 1.45. The molecule has 35 heavy (non-hydrogen) atoms. The predicted octanol–water partition coefficient (Wildman–Crippen LogP) is 4.19. The van der Waals surface area contributed by atoms with Crippen molar-refractivity contribution in [3.8, 4) is 0 Å². The minimum absolute atomic E-state index is 0.158. The molecule has 2 aliphatic rings. The van der Waals surface area contributed by atoms with Gasteiger partial charge in [0, 0.05) is 31.6 Å². The van der Waals surface area contributed by atoms with Gasteiger partial charge in [-0.15, -0.1) is 5.10 Å². The van der Waals surface area contributed by atoms with Crippen molar-refractivity contribution in [2.75, 3.05) is 49.6 Å². The van der Waals surface area contributed by atoms with E-state index in [1.807, 2.05) is 12.3 Å². The van der Waals surface area contributed by atoms with E-state index >= 15 is 0 Å². The molecule has 0 unspecified atom stereocenters. The van der Waals surface area contributed by atoms with E-state index in [-0.39, 0.29) is 5.56 Å². The fraction of sp³-hybridized carbons (Fsp3) is 0.458. The summed E-state index contributed by atoms with van der Waals surface area (Å²) in [5, 5.41) is 12.2. The summed E-state index contributed by atoms with van der Waals surface area (Å²) >= 11 is 0. The van der Waals surface area contributed by atoms with Gasteiger partial charge in [-0.05, 0) is 43.7 Å². The molecule has 0 spiro atoms. The summed E-state index contributed by atoms with van der Waals surface area (Å²) in [5.74, 6) is -0.567. The minimum atomic E-state index is -4.64. The Morgan fingerprint density at radius 1 is 1.11 bits per heavy atom. The van der Waals surface area contributed by atoms with E-state index in [0.29, 0.717) is 41.1 Å². The first-order valence-electron chi connectivity index (χ1n) is 11.5. The van der Waals surface area contributed by atoms with E-state index < -0.39 is 23.6 Å². The van der Waals surface area contributed by atoms with Gasteiger partial charge in [0.2, 0.25) is 0 Å². The number of aryl methyl sites for hydroxylation is 1. The first kappa shape index (κ1) is 23.7. The molecule has 2 aromatic heterocycles. The monoisotopic (exact) mass is 490 g/mol. The summed E-state index contributed by atoms with van der Waals surface area (Å²) in [6.45, 7) is 8.44. The number of piperazine rings is 1. The van der Waals surface area contributed by atoms with Crippen LogP contribution in [0.5, 0.6) is 0 Å². The average Bonchev–Trinajstić information content (AvgIpc) is 2.84. The zero-order valence-corrected chi connectivity index (χ0v) is 19.4. The fourth-order valence-corrected chi connectivity index (χ4v) is 4.72. The van der Waals surface area contributed by atoms with E-state index in [4.69, 9.17) is 4.74 Å². The molecule has 2 atom stereocenters. The van der Waals surface area contributed by atoms with Gasteiger partial charge in [0.15, 0.2) is 5.82 Å². The highest BCUT2D eigenvalue weighted by atomic mass is 19.4. The second-order valence-corrected chi connectivity index (χ2v) is 9.07. The van der Waals surface area contributed by atoms with Gasteiger partial charge in [-0.1, -0.05) is 0 Å². The lowest BCUT2D eigenvalue weighted by molar-refractivity contribution is -0.137. The van der Waals surface area contributed by atoms with Crippen molar-refractivity contribution in [1.82, 2.24) is 20.1 Å². The molecular weight excluding hydrogens is 464 g/mol. The quantitative estimate of drug-likeness (QED) is 0.551. The molecular formula is C24H26F4N6O. The lowest BCUT2D eigenvalue weighted by Gasteiger charge is -2.44. The number of hydrogen-bond acceptors (Lipinski definition) is 7. The van der Waals surface area contributed by atoms with E-state index in [9.17, 15) is 17.6 Å². The topological polar surface area (TPSA) is 66.4 Å². The van der Waals surface area contributed by atoms with E-state index in [2.05, 4.69) is 30.3 Å². The third-order valence-corrected chi connectivity index (χ3v) is 6.67. The molecule has 2 fully saturated rings. The fourth-order valence-electron chi connectivity index (χ4n) is 4.72. The number of anilines is 2. The molecule has 0 aliphatic carbocycles. The van der Waals surface area contributed by atoms with Gasteiger partial charge in [0.25, 0.3) is 0 Å². The summed E-state index contributed by atoms with van der Waals surface area (Å²) < 4.78 is 59.1. The second-order valence-electron chi connectivity index (χ2n) is 9.07. The maximum absolute atomic E-state index is 14.0. The minimum Gasteiger partial charge on any atom is -0.378 e. The number of fused-ring (bicyclic) bond motifs is 2. The summed E-state index contributed by atoms with van der Waals surface area (Å²) in [5.41, 5.74) is 1.34. The largest absolute Gasteiger partial charge is 0.416 e. The Morgan fingerprint density at radius 3 is 2.74 bits per heavy atom. The molecule has 7 nitrogen and oxygen atoms in total. The molecule has 4 heterocycles. The Morgan fingerprint density at radius 2 is 1.94 bits per heavy atom. The smallest absolute Gasteiger partial charge is 0.378 e. The lowest BCUT2D eigenvalue weighted by Crippen LogP contribution is -2.58. The van der Waals surface area contributed by atoms with Crippen LogP contribution in [0.3, 0.4) is 0 Å². The van der Waals surface area contributed by atoms with E-state index in [0.717, 1.165) is 50.6 Å². The van der Waals surface area contributed by atoms with Crippen LogP contribution in [-0.4, -0.2) is 65.5 Å². The van der Waals surface area contributed by atoms with Crippen LogP contribution >= 0.6 is 0 Å². The van der Waals surface area contributed by atoms with Crippen molar-refractivity contribution in [2.24, 2.45) is 0 Å². The molecule has 1 aromatic carbocycles. The van der Waals surface area contributed by atoms with Crippen molar-refractivity contribution >= 4 is 22.4 Å². The molecule has 0 saturated carbocycles. The molecule has 186 valence electrons. The molecule has 11 heteroatoms. The molecule has 0 amide bonds. The number of alkyl halides is 3. The van der Waals surface area contributed by atoms with Crippen molar-refractivity contribution in [3.63, 3.8) is 0 Å². The highest BCUT2D eigenvalue weighted by Crippen LogP contribution is 2.34. The number of hydrogen-bond donors (Lipinski definition) is 1. The molecule has 2 aliphatic heterocycles. The van der Waals surface area contributed by atoms with Crippen LogP contribution in [-0.2, 0) is 10.9 Å². The van der Waals surface area contributed by atoms with Crippen molar-refractivity contribution in [2.45, 2.75) is 32.1 Å². The van der Waals surface area contributed by atoms with Crippen LogP contribution in [0.2, 0.25) is 0 Å². The maximum atomic E-state index is 14.0. The number of morpholine rings is 1. The summed E-state index contributed by atoms with van der Waals surface area (Å²) in [4.78, 5) is 9.32. The third kappa shape index (κ3) is 4.87. The molecule has 5 rings (SSSR count). The molecule has 3 aromatic rings. The zero-order chi connectivity index (χ0) is 24.7. The van der Waals surface area contributed by atoms with Crippen LogP contribution in [0.1, 0.15) is 29.8 Å². The van der Waals surface area contributed by atoms with Gasteiger partial charge in [-0.2, -0.15) is 18.3 Å². The Bertz CT molecular complexity index is 1240. The van der Waals surface area contributed by atoms with Crippen LogP contribution in [0.15, 0.2) is 30.5 Å². The van der Waals surface area contributed by atoms with E-state index in [1.165, 1.54) is 0 Å². The van der Waals surface area contributed by atoms with Crippen molar-refractivity contribution in [1.29, 1.82) is 0 Å². The zero-order valence-electron chi connectivity index (χ0n) is 19.4. The lowest BCUT2D eigenvalue weighted by atomic mass is 10.0. The first-order chi connectivity index (χ1) is 16.7. The Labute approximate surface area is 200 Å². The summed E-state index contributed by atoms with van der Waals surface area (Å²) in [6.07, 6.45) is -2.83. The summed E-state index contributed by atoms with van der Waals surface area (Å²) in [6, 6.07) is 4.17. The van der Waals surface area contributed by atoms with Crippen molar-refractivity contribution < 1.29 is 22.3 Å². The second kappa shape index (κ2) is 9.19. The number of nitrogens with one attached hydrogen (secondary N) is 1. The third-order valence-electron chi connectivity index (χ3n) is 6.67. The first-order valence-corrected chi connectivity index (χ1v) is 11.5. The van der Waals surface area contributed by atoms with E-state index in [1.54, 1.807) is 13.8 Å². The van der Waals surface area contributed by atoms with Gasteiger partial charge in [-0.3, -0.25) is 9.88 Å². The summed E-state index contributed by atoms with van der Waals surface area (Å²) in [7, 11) is 0. The molecule has 0 radical (unpaired) electrons. The Kier molecular flexibility index (Phi) is 6.22. The normalized spacial score (nSPS) is 20.1. The van der Waals surface area contributed by atoms with Crippen LogP contribution < -0.4 is 10.2 Å². The van der Waals surface area contributed by atoms with Gasteiger partial charge in [0.05, 0.1) is 54.0 Å². The number of halogens is 4. The number of nitrogens with zero attached hydrogens (tertiary/aromatic N) is 5. The number of benzene rings is 1. The standard InChI is InChI=1S/C24H26F4N6O/c1-14(16-7-17(24(26,27)28)9-18(25)8-16)30-23-21-10-19(11-29-22(21)15(2)31-32-23)34-4-3-33-5-6-35-13-20(33)12-34/h7-11,14,20H,3-6,12-13H2,1-2H3,(H,30,32)/t14-,20+/m1/s1.